The quantitative estimate of drug-likeness (QED) is 0.630. The zero-order valence-corrected chi connectivity index (χ0v) is 19.0. The first-order valence-corrected chi connectivity index (χ1v) is 11.7. The van der Waals surface area contributed by atoms with Crippen molar-refractivity contribution in [1.82, 2.24) is 19.7 Å². The zero-order chi connectivity index (χ0) is 22.8. The van der Waals surface area contributed by atoms with Gasteiger partial charge < -0.3 is 14.4 Å². The molecular weight excluding hydrogens is 420 g/mol. The van der Waals surface area contributed by atoms with Crippen LogP contribution in [-0.4, -0.2) is 77.1 Å². The number of piperidine rings is 1. The molecule has 4 heterocycles. The molecule has 1 spiro atoms. The van der Waals surface area contributed by atoms with Crippen molar-refractivity contribution in [3.63, 3.8) is 0 Å². The van der Waals surface area contributed by atoms with Gasteiger partial charge in [0.25, 0.3) is 5.91 Å². The van der Waals surface area contributed by atoms with E-state index in [2.05, 4.69) is 16.0 Å². The van der Waals surface area contributed by atoms with Crippen molar-refractivity contribution >= 4 is 11.9 Å². The van der Waals surface area contributed by atoms with Gasteiger partial charge in [0, 0.05) is 45.6 Å². The van der Waals surface area contributed by atoms with E-state index in [0.29, 0.717) is 32.6 Å². The van der Waals surface area contributed by atoms with E-state index in [1.807, 2.05) is 24.3 Å². The number of rotatable bonds is 6. The summed E-state index contributed by atoms with van der Waals surface area (Å²) in [5, 5.41) is 0. The first-order valence-electron chi connectivity index (χ1n) is 11.7. The average Bonchev–Trinajstić information content (AvgIpc) is 3.02. The maximum atomic E-state index is 13.4. The van der Waals surface area contributed by atoms with Gasteiger partial charge in [0.1, 0.15) is 18.8 Å². The number of carbonyl (C=O) groups is 2. The van der Waals surface area contributed by atoms with Crippen molar-refractivity contribution < 1.29 is 19.1 Å². The highest BCUT2D eigenvalue weighted by molar-refractivity contribution is 6.07. The minimum Gasteiger partial charge on any atom is -0.486 e. The number of carbonyl (C=O) groups excluding carboxylic acids is 2. The molecule has 0 atom stereocenters. The van der Waals surface area contributed by atoms with Crippen LogP contribution >= 0.6 is 0 Å². The Morgan fingerprint density at radius 3 is 2.45 bits per heavy atom. The molecule has 0 saturated carbocycles. The molecule has 33 heavy (non-hydrogen) atoms. The maximum Gasteiger partial charge on any atom is 0.327 e. The summed E-state index contributed by atoms with van der Waals surface area (Å²) in [6, 6.07) is 9.84. The summed E-state index contributed by atoms with van der Waals surface area (Å²) in [5.74, 6) is 1.55. The lowest BCUT2D eigenvalue weighted by molar-refractivity contribution is -0.135. The molecule has 5 rings (SSSR count). The van der Waals surface area contributed by atoms with E-state index in [1.54, 1.807) is 24.3 Å². The molecule has 0 radical (unpaired) electrons. The fraction of sp³-hybridized carbons (Fsp3) is 0.480. The van der Waals surface area contributed by atoms with Gasteiger partial charge in [-0.15, -0.1) is 0 Å². The van der Waals surface area contributed by atoms with E-state index in [1.165, 1.54) is 10.5 Å². The first-order chi connectivity index (χ1) is 16.1. The Morgan fingerprint density at radius 2 is 1.70 bits per heavy atom. The van der Waals surface area contributed by atoms with Crippen molar-refractivity contribution in [2.24, 2.45) is 0 Å². The van der Waals surface area contributed by atoms with Crippen LogP contribution in [0.5, 0.6) is 11.5 Å². The standard InChI is InChI=1S/C25H30N4O4/c1-27-24(31)29(12-2-3-19-6-10-26-11-7-19)23(30)25(27)8-13-28(14-9-25)18-20-4-5-21-22(17-20)33-16-15-32-21/h4-7,10-11,17H,2-3,8-9,12-16,18H2,1H3. The monoisotopic (exact) mass is 450 g/mol. The smallest absolute Gasteiger partial charge is 0.327 e. The molecule has 1 aromatic heterocycles. The van der Waals surface area contributed by atoms with Gasteiger partial charge in [-0.1, -0.05) is 6.07 Å². The molecule has 0 unspecified atom stereocenters. The third-order valence-corrected chi connectivity index (χ3v) is 7.10. The molecule has 2 aromatic rings. The molecule has 0 bridgehead atoms. The Labute approximate surface area is 194 Å². The molecule has 3 aliphatic rings. The van der Waals surface area contributed by atoms with Crippen molar-refractivity contribution in [1.29, 1.82) is 0 Å². The number of nitrogens with zero attached hydrogens (tertiary/aromatic N) is 4. The number of aromatic nitrogens is 1. The molecule has 174 valence electrons. The number of aryl methyl sites for hydroxylation is 1. The van der Waals surface area contributed by atoms with Crippen LogP contribution in [0.25, 0.3) is 0 Å². The summed E-state index contributed by atoms with van der Waals surface area (Å²) in [4.78, 5) is 35.8. The van der Waals surface area contributed by atoms with Gasteiger partial charge in [-0.25, -0.2) is 4.79 Å². The predicted octanol–water partition coefficient (Wildman–Crippen LogP) is 2.71. The number of imide groups is 1. The number of likely N-dealkylation sites (tertiary alicyclic amines) is 1. The Kier molecular flexibility index (Phi) is 5.93. The van der Waals surface area contributed by atoms with E-state index < -0.39 is 5.54 Å². The van der Waals surface area contributed by atoms with Gasteiger partial charge in [0.15, 0.2) is 11.5 Å². The third kappa shape index (κ3) is 4.15. The fourth-order valence-electron chi connectivity index (χ4n) is 5.11. The summed E-state index contributed by atoms with van der Waals surface area (Å²) in [7, 11) is 1.78. The van der Waals surface area contributed by atoms with Crippen molar-refractivity contribution in [2.75, 3.05) is 39.9 Å². The largest absolute Gasteiger partial charge is 0.486 e. The number of hydrogen-bond acceptors (Lipinski definition) is 6. The van der Waals surface area contributed by atoms with Crippen molar-refractivity contribution in [3.05, 3.63) is 53.9 Å². The van der Waals surface area contributed by atoms with Crippen LogP contribution in [0.1, 0.15) is 30.4 Å². The molecule has 0 aliphatic carbocycles. The molecule has 2 fully saturated rings. The van der Waals surface area contributed by atoms with E-state index in [9.17, 15) is 9.59 Å². The zero-order valence-electron chi connectivity index (χ0n) is 19.0. The summed E-state index contributed by atoms with van der Waals surface area (Å²) in [5.41, 5.74) is 1.62. The Morgan fingerprint density at radius 1 is 0.970 bits per heavy atom. The van der Waals surface area contributed by atoms with Crippen LogP contribution in [0.3, 0.4) is 0 Å². The lowest BCUT2D eigenvalue weighted by Crippen LogP contribution is -2.55. The average molecular weight is 451 g/mol. The van der Waals surface area contributed by atoms with E-state index in [4.69, 9.17) is 9.47 Å². The lowest BCUT2D eigenvalue weighted by atomic mass is 9.86. The molecule has 2 saturated heterocycles. The van der Waals surface area contributed by atoms with Gasteiger partial charge in [0.05, 0.1) is 0 Å². The summed E-state index contributed by atoms with van der Waals surface area (Å²) in [6.45, 7) is 3.93. The highest BCUT2D eigenvalue weighted by Gasteiger charge is 2.56. The highest BCUT2D eigenvalue weighted by atomic mass is 16.6. The molecular formula is C25H30N4O4. The molecule has 3 amide bonds. The van der Waals surface area contributed by atoms with Gasteiger partial charge in [-0.05, 0) is 61.1 Å². The minimum atomic E-state index is -0.711. The second kappa shape index (κ2) is 9.02. The second-order valence-corrected chi connectivity index (χ2v) is 9.04. The molecule has 8 heteroatoms. The van der Waals surface area contributed by atoms with Crippen LogP contribution in [0.15, 0.2) is 42.7 Å². The van der Waals surface area contributed by atoms with Crippen LogP contribution in [0.4, 0.5) is 4.79 Å². The van der Waals surface area contributed by atoms with E-state index >= 15 is 0 Å². The van der Waals surface area contributed by atoms with Gasteiger partial charge in [-0.2, -0.15) is 0 Å². The summed E-state index contributed by atoms with van der Waals surface area (Å²) >= 11 is 0. The van der Waals surface area contributed by atoms with Gasteiger partial charge >= 0.3 is 6.03 Å². The third-order valence-electron chi connectivity index (χ3n) is 7.10. The van der Waals surface area contributed by atoms with Gasteiger partial charge in [0.2, 0.25) is 0 Å². The number of pyridine rings is 1. The Hall–Kier alpha value is -3.13. The SMILES string of the molecule is CN1C(=O)N(CCCc2ccncc2)C(=O)C12CCN(Cc1ccc3c(c1)OCCO3)CC2. The van der Waals surface area contributed by atoms with Crippen LogP contribution in [0, 0.1) is 0 Å². The minimum absolute atomic E-state index is 0.0382. The molecule has 0 N–H and O–H groups in total. The van der Waals surface area contributed by atoms with Gasteiger partial charge in [-0.3, -0.25) is 19.6 Å². The number of hydrogen-bond donors (Lipinski definition) is 0. The summed E-state index contributed by atoms with van der Waals surface area (Å²) < 4.78 is 11.3. The van der Waals surface area contributed by atoms with Crippen LogP contribution in [-0.2, 0) is 17.8 Å². The Bertz CT molecular complexity index is 1020. The second-order valence-electron chi connectivity index (χ2n) is 9.04. The molecule has 8 nitrogen and oxygen atoms in total. The summed E-state index contributed by atoms with van der Waals surface area (Å²) in [6.07, 6.45) is 6.41. The number of fused-ring (bicyclic) bond motifs is 1. The molecule has 1 aromatic carbocycles. The normalized spacial score (nSPS) is 20.0. The highest BCUT2D eigenvalue weighted by Crippen LogP contribution is 2.37. The number of amides is 3. The van der Waals surface area contributed by atoms with E-state index in [-0.39, 0.29) is 11.9 Å². The number of urea groups is 1. The number of benzene rings is 1. The van der Waals surface area contributed by atoms with Crippen molar-refractivity contribution in [2.45, 2.75) is 37.8 Å². The Balaban J connectivity index is 1.18. The van der Waals surface area contributed by atoms with Crippen LogP contribution in [0.2, 0.25) is 0 Å². The first kappa shape index (κ1) is 21.7. The molecule has 3 aliphatic heterocycles. The van der Waals surface area contributed by atoms with E-state index in [0.717, 1.165) is 49.5 Å². The van der Waals surface area contributed by atoms with Crippen molar-refractivity contribution in [3.8, 4) is 11.5 Å². The maximum absolute atomic E-state index is 13.4. The fourth-order valence-corrected chi connectivity index (χ4v) is 5.11. The number of ether oxygens (including phenoxy) is 2. The van der Waals surface area contributed by atoms with Crippen LogP contribution < -0.4 is 9.47 Å². The number of likely N-dealkylation sites (N-methyl/N-ethyl adjacent to an activating group) is 1. The predicted molar refractivity (Wildman–Crippen MR) is 122 cm³/mol. The lowest BCUT2D eigenvalue weighted by Gasteiger charge is -2.40. The topological polar surface area (TPSA) is 75.2 Å².